The van der Waals surface area contributed by atoms with Crippen molar-refractivity contribution >= 4 is 17.5 Å². The largest absolute Gasteiger partial charge is 0.339 e. The second-order valence-corrected chi connectivity index (χ2v) is 6.55. The van der Waals surface area contributed by atoms with Crippen molar-refractivity contribution in [3.8, 4) is 0 Å². The van der Waals surface area contributed by atoms with E-state index in [0.717, 1.165) is 62.3 Å². The highest BCUT2D eigenvalue weighted by atomic mass is 35.5. The van der Waals surface area contributed by atoms with Gasteiger partial charge in [0.2, 0.25) is 5.91 Å². The highest BCUT2D eigenvalue weighted by molar-refractivity contribution is 6.31. The first kappa shape index (κ1) is 14.9. The molecular formula is C17H23ClN2O. The van der Waals surface area contributed by atoms with Gasteiger partial charge in [0, 0.05) is 23.5 Å². The number of rotatable bonds is 3. The number of nitrogens with zero attached hydrogens (tertiary/aromatic N) is 1. The van der Waals surface area contributed by atoms with Gasteiger partial charge in [-0.15, -0.1) is 0 Å². The third-order valence-electron chi connectivity index (χ3n) is 4.76. The van der Waals surface area contributed by atoms with E-state index in [1.807, 2.05) is 18.2 Å². The predicted molar refractivity (Wildman–Crippen MR) is 85.5 cm³/mol. The number of nitrogens with one attached hydrogen (secondary N) is 1. The molecule has 0 saturated carbocycles. The van der Waals surface area contributed by atoms with Crippen molar-refractivity contribution < 1.29 is 4.79 Å². The monoisotopic (exact) mass is 306 g/mol. The van der Waals surface area contributed by atoms with Crippen LogP contribution in [0.15, 0.2) is 24.3 Å². The number of halogens is 1. The molecule has 2 saturated heterocycles. The quantitative estimate of drug-likeness (QED) is 0.931. The zero-order valence-corrected chi connectivity index (χ0v) is 13.1. The van der Waals surface area contributed by atoms with Crippen molar-refractivity contribution in [2.24, 2.45) is 5.92 Å². The van der Waals surface area contributed by atoms with Gasteiger partial charge in [-0.05, 0) is 56.8 Å². The SMILES string of the molecule is O=C(C1CCNCC1)N1CCC[C@@H]1Cc1ccccc1Cl. The molecule has 4 heteroatoms. The number of likely N-dealkylation sites (tertiary alicyclic amines) is 1. The first-order valence-corrected chi connectivity index (χ1v) is 8.38. The third-order valence-corrected chi connectivity index (χ3v) is 5.13. The van der Waals surface area contributed by atoms with Crippen LogP contribution in [0.5, 0.6) is 0 Å². The van der Waals surface area contributed by atoms with Crippen LogP contribution in [-0.4, -0.2) is 36.5 Å². The van der Waals surface area contributed by atoms with E-state index < -0.39 is 0 Å². The topological polar surface area (TPSA) is 32.3 Å². The van der Waals surface area contributed by atoms with Gasteiger partial charge in [0.25, 0.3) is 0 Å². The number of carbonyl (C=O) groups is 1. The van der Waals surface area contributed by atoms with E-state index in [1.165, 1.54) is 0 Å². The Kier molecular flexibility index (Phi) is 4.81. The van der Waals surface area contributed by atoms with E-state index >= 15 is 0 Å². The summed E-state index contributed by atoms with van der Waals surface area (Å²) < 4.78 is 0. The van der Waals surface area contributed by atoms with E-state index in [0.29, 0.717) is 11.9 Å². The normalized spacial score (nSPS) is 23.5. The number of piperidine rings is 1. The summed E-state index contributed by atoms with van der Waals surface area (Å²) in [6.07, 6.45) is 5.06. The maximum absolute atomic E-state index is 12.8. The number of carbonyl (C=O) groups excluding carboxylic acids is 1. The minimum atomic E-state index is 0.220. The fourth-order valence-electron chi connectivity index (χ4n) is 3.56. The Labute approximate surface area is 131 Å². The van der Waals surface area contributed by atoms with Crippen molar-refractivity contribution in [1.82, 2.24) is 10.2 Å². The van der Waals surface area contributed by atoms with Crippen molar-refractivity contribution in [3.05, 3.63) is 34.9 Å². The Morgan fingerprint density at radius 2 is 2.00 bits per heavy atom. The summed E-state index contributed by atoms with van der Waals surface area (Å²) in [5.41, 5.74) is 1.16. The van der Waals surface area contributed by atoms with Crippen LogP contribution >= 0.6 is 11.6 Å². The molecule has 0 aromatic heterocycles. The highest BCUT2D eigenvalue weighted by Crippen LogP contribution is 2.27. The van der Waals surface area contributed by atoms with Crippen molar-refractivity contribution in [1.29, 1.82) is 0 Å². The van der Waals surface area contributed by atoms with Crippen molar-refractivity contribution in [3.63, 3.8) is 0 Å². The number of amides is 1. The molecule has 0 bridgehead atoms. The molecule has 1 aromatic carbocycles. The summed E-state index contributed by atoms with van der Waals surface area (Å²) in [6, 6.07) is 8.32. The smallest absolute Gasteiger partial charge is 0.226 e. The number of benzene rings is 1. The van der Waals surface area contributed by atoms with E-state index in [9.17, 15) is 4.79 Å². The van der Waals surface area contributed by atoms with Gasteiger partial charge < -0.3 is 10.2 Å². The molecule has 1 atom stereocenters. The van der Waals surface area contributed by atoms with Crippen LogP contribution in [0.25, 0.3) is 0 Å². The first-order chi connectivity index (χ1) is 10.3. The second-order valence-electron chi connectivity index (χ2n) is 6.15. The zero-order valence-electron chi connectivity index (χ0n) is 12.4. The minimum Gasteiger partial charge on any atom is -0.339 e. The zero-order chi connectivity index (χ0) is 14.7. The Hall–Kier alpha value is -1.06. The summed E-state index contributed by atoms with van der Waals surface area (Å²) >= 11 is 6.27. The van der Waals surface area contributed by atoms with Gasteiger partial charge in [0.05, 0.1) is 0 Å². The van der Waals surface area contributed by atoms with Gasteiger partial charge in [0.15, 0.2) is 0 Å². The maximum Gasteiger partial charge on any atom is 0.226 e. The summed E-state index contributed by atoms with van der Waals surface area (Å²) in [7, 11) is 0. The Balaban J connectivity index is 1.67. The molecule has 2 aliphatic rings. The molecule has 2 heterocycles. The van der Waals surface area contributed by atoms with Crippen molar-refractivity contribution in [2.45, 2.75) is 38.1 Å². The van der Waals surface area contributed by atoms with Gasteiger partial charge in [-0.3, -0.25) is 4.79 Å². The molecule has 114 valence electrons. The maximum atomic E-state index is 12.8. The molecule has 1 amide bonds. The average Bonchev–Trinajstić information content (AvgIpc) is 2.98. The molecule has 21 heavy (non-hydrogen) atoms. The molecule has 3 rings (SSSR count). The Morgan fingerprint density at radius 3 is 2.76 bits per heavy atom. The molecule has 2 fully saturated rings. The van der Waals surface area contributed by atoms with E-state index in [1.54, 1.807) is 0 Å². The first-order valence-electron chi connectivity index (χ1n) is 8.00. The van der Waals surface area contributed by atoms with Gasteiger partial charge >= 0.3 is 0 Å². The van der Waals surface area contributed by atoms with Gasteiger partial charge in [-0.25, -0.2) is 0 Å². The lowest BCUT2D eigenvalue weighted by Crippen LogP contribution is -2.43. The summed E-state index contributed by atoms with van der Waals surface area (Å²) in [4.78, 5) is 14.9. The molecular weight excluding hydrogens is 284 g/mol. The van der Waals surface area contributed by atoms with Crippen LogP contribution in [0.4, 0.5) is 0 Å². The number of hydrogen-bond donors (Lipinski definition) is 1. The minimum absolute atomic E-state index is 0.220. The molecule has 0 radical (unpaired) electrons. The van der Waals surface area contributed by atoms with E-state index in [2.05, 4.69) is 16.3 Å². The third kappa shape index (κ3) is 3.41. The second kappa shape index (κ2) is 6.80. The lowest BCUT2D eigenvalue weighted by atomic mass is 9.95. The molecule has 2 aliphatic heterocycles. The lowest BCUT2D eigenvalue weighted by Gasteiger charge is -2.31. The Bertz CT molecular complexity index is 499. The average molecular weight is 307 g/mol. The fourth-order valence-corrected chi connectivity index (χ4v) is 3.77. The molecule has 3 nitrogen and oxygen atoms in total. The highest BCUT2D eigenvalue weighted by Gasteiger charge is 2.33. The number of hydrogen-bond acceptors (Lipinski definition) is 2. The lowest BCUT2D eigenvalue weighted by molar-refractivity contribution is -0.137. The molecule has 0 aliphatic carbocycles. The predicted octanol–water partition coefficient (Wildman–Crippen LogP) is 2.87. The molecule has 0 unspecified atom stereocenters. The van der Waals surface area contributed by atoms with Crippen LogP contribution in [0.1, 0.15) is 31.2 Å². The standard InChI is InChI=1S/C17H23ClN2O/c18-16-6-2-1-4-14(16)12-15-5-3-11-20(15)17(21)13-7-9-19-10-8-13/h1-2,4,6,13,15,19H,3,5,7-12H2/t15-/m1/s1. The van der Waals surface area contributed by atoms with E-state index in [-0.39, 0.29) is 5.92 Å². The fraction of sp³-hybridized carbons (Fsp3) is 0.588. The summed E-state index contributed by atoms with van der Waals surface area (Å²) in [6.45, 7) is 2.86. The molecule has 1 aromatic rings. The van der Waals surface area contributed by atoms with Crippen LogP contribution in [0.2, 0.25) is 5.02 Å². The van der Waals surface area contributed by atoms with E-state index in [4.69, 9.17) is 11.6 Å². The van der Waals surface area contributed by atoms with Gasteiger partial charge in [0.1, 0.15) is 0 Å². The van der Waals surface area contributed by atoms with Crippen LogP contribution < -0.4 is 5.32 Å². The van der Waals surface area contributed by atoms with Gasteiger partial charge in [-0.1, -0.05) is 29.8 Å². The van der Waals surface area contributed by atoms with Gasteiger partial charge in [-0.2, -0.15) is 0 Å². The van der Waals surface area contributed by atoms with Crippen molar-refractivity contribution in [2.75, 3.05) is 19.6 Å². The summed E-state index contributed by atoms with van der Waals surface area (Å²) in [5.74, 6) is 0.587. The van der Waals surface area contributed by atoms with Crippen LogP contribution in [0, 0.1) is 5.92 Å². The van der Waals surface area contributed by atoms with Crippen LogP contribution in [0.3, 0.4) is 0 Å². The molecule has 0 spiro atoms. The summed E-state index contributed by atoms with van der Waals surface area (Å²) in [5, 5.41) is 4.15. The van der Waals surface area contributed by atoms with Crippen LogP contribution in [-0.2, 0) is 11.2 Å². The Morgan fingerprint density at radius 1 is 1.24 bits per heavy atom. The molecule has 1 N–H and O–H groups in total.